The van der Waals surface area contributed by atoms with E-state index in [2.05, 4.69) is 17.1 Å². The van der Waals surface area contributed by atoms with Gasteiger partial charge in [0.05, 0.1) is 12.6 Å². The second kappa shape index (κ2) is 5.03. The molecule has 0 aliphatic carbocycles. The summed E-state index contributed by atoms with van der Waals surface area (Å²) in [5, 5.41) is 1.21. The highest BCUT2D eigenvalue weighted by atomic mass is 16.5. The number of ether oxygens (including phenoxy) is 1. The first-order valence-electron chi connectivity index (χ1n) is 5.70. The predicted octanol–water partition coefficient (Wildman–Crippen LogP) is 2.46. The van der Waals surface area contributed by atoms with Gasteiger partial charge in [0.1, 0.15) is 5.75 Å². The number of para-hydroxylation sites is 1. The van der Waals surface area contributed by atoms with Crippen LogP contribution in [0, 0.1) is 0 Å². The number of nitrogens with one attached hydrogen (secondary N) is 1. The monoisotopic (exact) mass is 218 g/mol. The van der Waals surface area contributed by atoms with Crippen LogP contribution in [0.3, 0.4) is 0 Å². The molecule has 1 heterocycles. The molecule has 0 spiro atoms. The molecule has 86 valence electrons. The zero-order valence-electron chi connectivity index (χ0n) is 9.62. The van der Waals surface area contributed by atoms with Crippen LogP contribution in [0.1, 0.15) is 18.5 Å². The van der Waals surface area contributed by atoms with Crippen molar-refractivity contribution in [2.24, 2.45) is 5.73 Å². The van der Waals surface area contributed by atoms with Crippen molar-refractivity contribution < 1.29 is 4.74 Å². The van der Waals surface area contributed by atoms with E-state index in [1.54, 1.807) is 7.11 Å². The molecule has 2 aromatic rings. The Balaban J connectivity index is 2.22. The predicted molar refractivity (Wildman–Crippen MR) is 66.8 cm³/mol. The average Bonchev–Trinajstić information content (AvgIpc) is 2.71. The van der Waals surface area contributed by atoms with E-state index in [0.717, 1.165) is 37.1 Å². The number of aryl methyl sites for hydroxylation is 1. The molecule has 0 aliphatic heterocycles. The number of nitrogens with two attached hydrogens (primary N) is 1. The number of H-pyrrole nitrogens is 1. The number of rotatable bonds is 5. The molecule has 0 saturated carbocycles. The molecule has 0 amide bonds. The van der Waals surface area contributed by atoms with Crippen molar-refractivity contribution in [1.29, 1.82) is 0 Å². The second-order valence-corrected chi connectivity index (χ2v) is 3.96. The molecule has 0 bridgehead atoms. The van der Waals surface area contributed by atoms with Crippen LogP contribution in [0.5, 0.6) is 5.75 Å². The Labute approximate surface area is 95.6 Å². The van der Waals surface area contributed by atoms with Gasteiger partial charge < -0.3 is 15.5 Å². The summed E-state index contributed by atoms with van der Waals surface area (Å²) >= 11 is 0. The van der Waals surface area contributed by atoms with E-state index in [4.69, 9.17) is 10.5 Å². The third kappa shape index (κ3) is 2.19. The smallest absolute Gasteiger partial charge is 0.142 e. The third-order valence-electron chi connectivity index (χ3n) is 2.79. The van der Waals surface area contributed by atoms with Gasteiger partial charge in [0.25, 0.3) is 0 Å². The topological polar surface area (TPSA) is 51.0 Å². The number of aromatic amines is 1. The SMILES string of the molecule is COc1cccc2cc(CCCCN)[nH]c12. The number of aromatic nitrogens is 1. The Morgan fingerprint density at radius 1 is 1.31 bits per heavy atom. The molecule has 3 heteroatoms. The maximum atomic E-state index is 5.48. The maximum absolute atomic E-state index is 5.48. The normalized spacial score (nSPS) is 10.9. The molecule has 1 aromatic heterocycles. The van der Waals surface area contributed by atoms with Gasteiger partial charge in [0.15, 0.2) is 0 Å². The number of benzene rings is 1. The number of methoxy groups -OCH3 is 1. The van der Waals surface area contributed by atoms with Gasteiger partial charge in [-0.2, -0.15) is 0 Å². The van der Waals surface area contributed by atoms with Crippen LogP contribution < -0.4 is 10.5 Å². The highest BCUT2D eigenvalue weighted by Gasteiger charge is 2.04. The molecular formula is C13H18N2O. The molecule has 0 saturated heterocycles. The Hall–Kier alpha value is -1.48. The van der Waals surface area contributed by atoms with Crippen molar-refractivity contribution in [3.05, 3.63) is 30.0 Å². The summed E-state index contributed by atoms with van der Waals surface area (Å²) in [5.74, 6) is 0.905. The second-order valence-electron chi connectivity index (χ2n) is 3.96. The lowest BCUT2D eigenvalue weighted by Crippen LogP contribution is -1.98. The van der Waals surface area contributed by atoms with E-state index < -0.39 is 0 Å². The van der Waals surface area contributed by atoms with Crippen molar-refractivity contribution in [1.82, 2.24) is 4.98 Å². The zero-order chi connectivity index (χ0) is 11.4. The fourth-order valence-electron chi connectivity index (χ4n) is 1.95. The fourth-order valence-corrected chi connectivity index (χ4v) is 1.95. The summed E-state index contributed by atoms with van der Waals surface area (Å²) in [6.45, 7) is 0.767. The number of fused-ring (bicyclic) bond motifs is 1. The van der Waals surface area contributed by atoms with Crippen LogP contribution in [-0.4, -0.2) is 18.6 Å². The van der Waals surface area contributed by atoms with Gasteiger partial charge >= 0.3 is 0 Å². The van der Waals surface area contributed by atoms with E-state index >= 15 is 0 Å². The number of hydrogen-bond donors (Lipinski definition) is 2. The van der Waals surface area contributed by atoms with Gasteiger partial charge in [-0.15, -0.1) is 0 Å². The van der Waals surface area contributed by atoms with Crippen LogP contribution in [-0.2, 0) is 6.42 Å². The minimum absolute atomic E-state index is 0.767. The molecule has 0 aliphatic rings. The molecule has 0 atom stereocenters. The van der Waals surface area contributed by atoms with Crippen molar-refractivity contribution >= 4 is 10.9 Å². The lowest BCUT2D eigenvalue weighted by Gasteiger charge is -2.00. The molecule has 16 heavy (non-hydrogen) atoms. The molecule has 2 rings (SSSR count). The van der Waals surface area contributed by atoms with E-state index in [1.165, 1.54) is 11.1 Å². The van der Waals surface area contributed by atoms with Crippen LogP contribution in [0.15, 0.2) is 24.3 Å². The summed E-state index contributed by atoms with van der Waals surface area (Å²) in [5.41, 5.74) is 7.83. The molecule has 3 nitrogen and oxygen atoms in total. The largest absolute Gasteiger partial charge is 0.495 e. The number of hydrogen-bond acceptors (Lipinski definition) is 2. The summed E-state index contributed by atoms with van der Waals surface area (Å²) in [6.07, 6.45) is 3.26. The van der Waals surface area contributed by atoms with E-state index in [0.29, 0.717) is 0 Å². The summed E-state index contributed by atoms with van der Waals surface area (Å²) in [4.78, 5) is 3.41. The van der Waals surface area contributed by atoms with Crippen LogP contribution >= 0.6 is 0 Å². The molecule has 0 unspecified atom stereocenters. The van der Waals surface area contributed by atoms with Gasteiger partial charge in [-0.25, -0.2) is 0 Å². The van der Waals surface area contributed by atoms with Gasteiger partial charge in [-0.3, -0.25) is 0 Å². The van der Waals surface area contributed by atoms with Gasteiger partial charge in [0.2, 0.25) is 0 Å². The summed E-state index contributed by atoms with van der Waals surface area (Å²) in [7, 11) is 1.70. The highest BCUT2D eigenvalue weighted by Crippen LogP contribution is 2.25. The zero-order valence-corrected chi connectivity index (χ0v) is 9.62. The van der Waals surface area contributed by atoms with E-state index in [9.17, 15) is 0 Å². The molecule has 0 fully saturated rings. The van der Waals surface area contributed by atoms with Crippen molar-refractivity contribution in [3.63, 3.8) is 0 Å². The molecule has 0 radical (unpaired) electrons. The first-order chi connectivity index (χ1) is 7.85. The molecule has 1 aromatic carbocycles. The first kappa shape index (κ1) is 11.0. The van der Waals surface area contributed by atoms with Crippen molar-refractivity contribution in [3.8, 4) is 5.75 Å². The lowest BCUT2D eigenvalue weighted by molar-refractivity contribution is 0.419. The van der Waals surface area contributed by atoms with Gasteiger partial charge in [-0.05, 0) is 37.9 Å². The average molecular weight is 218 g/mol. The number of unbranched alkanes of at least 4 members (excludes halogenated alkanes) is 1. The molecular weight excluding hydrogens is 200 g/mol. The van der Waals surface area contributed by atoms with Gasteiger partial charge in [-0.1, -0.05) is 12.1 Å². The highest BCUT2D eigenvalue weighted by molar-refractivity contribution is 5.86. The third-order valence-corrected chi connectivity index (χ3v) is 2.79. The lowest BCUT2D eigenvalue weighted by atomic mass is 10.2. The maximum Gasteiger partial charge on any atom is 0.142 e. The van der Waals surface area contributed by atoms with Crippen LogP contribution in [0.2, 0.25) is 0 Å². The van der Waals surface area contributed by atoms with Crippen molar-refractivity contribution in [2.75, 3.05) is 13.7 Å². The summed E-state index contributed by atoms with van der Waals surface area (Å²) in [6, 6.07) is 8.27. The first-order valence-corrected chi connectivity index (χ1v) is 5.70. The minimum Gasteiger partial charge on any atom is -0.495 e. The standard InChI is InChI=1S/C13H18N2O/c1-16-12-7-4-5-10-9-11(15-13(10)12)6-2-3-8-14/h4-5,7,9,15H,2-3,6,8,14H2,1H3. The van der Waals surface area contributed by atoms with Gasteiger partial charge in [0, 0.05) is 11.1 Å². The Bertz CT molecular complexity index is 462. The Kier molecular flexibility index (Phi) is 3.47. The summed E-state index contributed by atoms with van der Waals surface area (Å²) < 4.78 is 5.32. The van der Waals surface area contributed by atoms with Crippen molar-refractivity contribution in [2.45, 2.75) is 19.3 Å². The Morgan fingerprint density at radius 3 is 2.94 bits per heavy atom. The molecule has 3 N–H and O–H groups in total. The quantitative estimate of drug-likeness (QED) is 0.757. The van der Waals surface area contributed by atoms with E-state index in [-0.39, 0.29) is 0 Å². The fraction of sp³-hybridized carbons (Fsp3) is 0.385. The van der Waals surface area contributed by atoms with Crippen LogP contribution in [0.4, 0.5) is 0 Å². The van der Waals surface area contributed by atoms with E-state index in [1.807, 2.05) is 12.1 Å². The Morgan fingerprint density at radius 2 is 2.19 bits per heavy atom. The van der Waals surface area contributed by atoms with Crippen LogP contribution in [0.25, 0.3) is 10.9 Å². The minimum atomic E-state index is 0.767.